The molecule has 0 saturated heterocycles. The summed E-state index contributed by atoms with van der Waals surface area (Å²) in [5.74, 6) is -0.219. The van der Waals surface area contributed by atoms with Crippen molar-refractivity contribution < 1.29 is 13.2 Å². The van der Waals surface area contributed by atoms with Gasteiger partial charge in [0.2, 0.25) is 10.0 Å². The fraction of sp³-hybridized carbons (Fsp3) is 0.176. The van der Waals surface area contributed by atoms with E-state index in [9.17, 15) is 13.2 Å². The first-order valence-corrected chi connectivity index (χ1v) is 11.0. The maximum absolute atomic E-state index is 12.5. The van der Waals surface area contributed by atoms with Crippen molar-refractivity contribution in [1.29, 1.82) is 0 Å². The third-order valence-corrected chi connectivity index (χ3v) is 7.00. The van der Waals surface area contributed by atoms with Gasteiger partial charge in [0.1, 0.15) is 9.88 Å². The second-order valence-corrected chi connectivity index (χ2v) is 9.15. The Bertz CT molecular complexity index is 1020. The molecule has 0 aliphatic rings. The van der Waals surface area contributed by atoms with E-state index in [1.807, 2.05) is 16.8 Å². The van der Waals surface area contributed by atoms with E-state index >= 15 is 0 Å². The number of thiazole rings is 1. The normalized spacial score (nSPS) is 11.5. The van der Waals surface area contributed by atoms with Crippen molar-refractivity contribution in [3.8, 4) is 10.6 Å². The maximum Gasteiger partial charge on any atom is 0.263 e. The number of thiophene rings is 1. The van der Waals surface area contributed by atoms with Gasteiger partial charge in [-0.2, -0.15) is 11.3 Å². The summed E-state index contributed by atoms with van der Waals surface area (Å²) in [6, 6.07) is 8.45. The van der Waals surface area contributed by atoms with Crippen LogP contribution in [0.5, 0.6) is 0 Å². The summed E-state index contributed by atoms with van der Waals surface area (Å²) in [6.45, 7) is 2.04. The molecule has 0 bridgehead atoms. The van der Waals surface area contributed by atoms with E-state index in [1.165, 1.54) is 24.5 Å². The molecule has 2 N–H and O–H groups in total. The average Bonchev–Trinajstić information content (AvgIpc) is 3.29. The van der Waals surface area contributed by atoms with Crippen LogP contribution in [-0.2, 0) is 16.6 Å². The fourth-order valence-electron chi connectivity index (χ4n) is 2.32. The SMILES string of the molecule is CNS(=O)(=O)c1cccc(CNC(=O)c2sc(-c3ccsc3)nc2C)c1. The van der Waals surface area contributed by atoms with Crippen molar-refractivity contribution in [3.63, 3.8) is 0 Å². The molecule has 0 saturated carbocycles. The Morgan fingerprint density at radius 1 is 1.27 bits per heavy atom. The molecule has 9 heteroatoms. The molecule has 0 aliphatic heterocycles. The summed E-state index contributed by atoms with van der Waals surface area (Å²) < 4.78 is 26.0. The number of hydrogen-bond donors (Lipinski definition) is 2. The Balaban J connectivity index is 1.73. The monoisotopic (exact) mass is 407 g/mol. The van der Waals surface area contributed by atoms with Crippen LogP contribution >= 0.6 is 22.7 Å². The molecule has 3 aromatic rings. The van der Waals surface area contributed by atoms with Gasteiger partial charge in [-0.1, -0.05) is 12.1 Å². The van der Waals surface area contributed by atoms with Gasteiger partial charge < -0.3 is 5.32 Å². The van der Waals surface area contributed by atoms with Crippen molar-refractivity contribution in [3.05, 3.63) is 57.2 Å². The van der Waals surface area contributed by atoms with E-state index in [1.54, 1.807) is 36.5 Å². The maximum atomic E-state index is 12.5. The quantitative estimate of drug-likeness (QED) is 0.657. The molecule has 136 valence electrons. The van der Waals surface area contributed by atoms with Gasteiger partial charge in [0.05, 0.1) is 10.6 Å². The first-order chi connectivity index (χ1) is 12.4. The molecule has 0 atom stereocenters. The Kier molecular flexibility index (Phi) is 5.52. The third-order valence-electron chi connectivity index (χ3n) is 3.70. The molecule has 1 aromatic carbocycles. The molecule has 1 amide bonds. The van der Waals surface area contributed by atoms with Crippen molar-refractivity contribution in [1.82, 2.24) is 15.0 Å². The van der Waals surface area contributed by atoms with Gasteiger partial charge in [0, 0.05) is 17.5 Å². The van der Waals surface area contributed by atoms with E-state index in [4.69, 9.17) is 0 Å². The van der Waals surface area contributed by atoms with Gasteiger partial charge >= 0.3 is 0 Å². The molecule has 0 aliphatic carbocycles. The summed E-state index contributed by atoms with van der Waals surface area (Å²) in [5.41, 5.74) is 2.39. The number of rotatable bonds is 6. The number of hydrogen-bond acceptors (Lipinski definition) is 6. The molecular formula is C17H17N3O3S3. The van der Waals surface area contributed by atoms with Crippen LogP contribution in [0.15, 0.2) is 46.0 Å². The molecule has 2 aromatic heterocycles. The van der Waals surface area contributed by atoms with Gasteiger partial charge in [-0.3, -0.25) is 4.79 Å². The second-order valence-electron chi connectivity index (χ2n) is 5.48. The lowest BCUT2D eigenvalue weighted by Crippen LogP contribution is -2.23. The van der Waals surface area contributed by atoms with E-state index < -0.39 is 10.0 Å². The highest BCUT2D eigenvalue weighted by Gasteiger charge is 2.17. The third kappa shape index (κ3) is 4.01. The molecule has 2 heterocycles. The predicted octanol–water partition coefficient (Wildman–Crippen LogP) is 3.02. The largest absolute Gasteiger partial charge is 0.347 e. The predicted molar refractivity (Wildman–Crippen MR) is 104 cm³/mol. The summed E-state index contributed by atoms with van der Waals surface area (Å²) in [4.78, 5) is 17.7. The molecule has 26 heavy (non-hydrogen) atoms. The van der Waals surface area contributed by atoms with Gasteiger partial charge in [0.25, 0.3) is 5.91 Å². The fourth-order valence-corrected chi connectivity index (χ4v) is 4.81. The van der Waals surface area contributed by atoms with E-state index in [-0.39, 0.29) is 17.3 Å². The van der Waals surface area contributed by atoms with Gasteiger partial charge in [0.15, 0.2) is 0 Å². The van der Waals surface area contributed by atoms with Crippen molar-refractivity contribution in [2.75, 3.05) is 7.05 Å². The van der Waals surface area contributed by atoms with Crippen LogP contribution in [0.25, 0.3) is 10.6 Å². The zero-order chi connectivity index (χ0) is 18.7. The zero-order valence-corrected chi connectivity index (χ0v) is 16.6. The molecule has 3 rings (SSSR count). The number of amides is 1. The van der Waals surface area contributed by atoms with Gasteiger partial charge in [-0.15, -0.1) is 11.3 Å². The Hall–Kier alpha value is -2.07. The highest BCUT2D eigenvalue weighted by molar-refractivity contribution is 7.89. The number of benzene rings is 1. The number of carbonyl (C=O) groups is 1. The van der Waals surface area contributed by atoms with Crippen molar-refractivity contribution in [2.45, 2.75) is 18.4 Å². The lowest BCUT2D eigenvalue weighted by atomic mass is 10.2. The lowest BCUT2D eigenvalue weighted by molar-refractivity contribution is 0.0954. The molecule has 0 spiro atoms. The minimum absolute atomic E-state index is 0.167. The number of nitrogens with one attached hydrogen (secondary N) is 2. The molecular weight excluding hydrogens is 390 g/mol. The summed E-state index contributed by atoms with van der Waals surface area (Å²) >= 11 is 2.93. The van der Waals surface area contributed by atoms with Crippen LogP contribution in [0.1, 0.15) is 20.9 Å². The smallest absolute Gasteiger partial charge is 0.263 e. The molecule has 0 unspecified atom stereocenters. The van der Waals surface area contributed by atoms with E-state index in [0.29, 0.717) is 16.1 Å². The minimum Gasteiger partial charge on any atom is -0.347 e. The lowest BCUT2D eigenvalue weighted by Gasteiger charge is -2.07. The number of aromatic nitrogens is 1. The zero-order valence-electron chi connectivity index (χ0n) is 14.1. The van der Waals surface area contributed by atoms with Crippen LogP contribution in [-0.4, -0.2) is 26.4 Å². The Morgan fingerprint density at radius 2 is 2.08 bits per heavy atom. The first-order valence-electron chi connectivity index (χ1n) is 7.71. The topological polar surface area (TPSA) is 88.2 Å². The molecule has 0 radical (unpaired) electrons. The highest BCUT2D eigenvalue weighted by atomic mass is 32.2. The van der Waals surface area contributed by atoms with Gasteiger partial charge in [-0.25, -0.2) is 18.1 Å². The summed E-state index contributed by atoms with van der Waals surface area (Å²) in [7, 11) is -2.15. The van der Waals surface area contributed by atoms with Crippen LogP contribution < -0.4 is 10.0 Å². The van der Waals surface area contributed by atoms with Gasteiger partial charge in [-0.05, 0) is 43.1 Å². The van der Waals surface area contributed by atoms with Crippen molar-refractivity contribution >= 4 is 38.6 Å². The van der Waals surface area contributed by atoms with Crippen LogP contribution in [0.4, 0.5) is 0 Å². The summed E-state index contributed by atoms with van der Waals surface area (Å²) in [6.07, 6.45) is 0. The molecule has 0 fully saturated rings. The van der Waals surface area contributed by atoms with Crippen LogP contribution in [0.3, 0.4) is 0 Å². The second kappa shape index (κ2) is 7.67. The minimum atomic E-state index is -3.51. The number of sulfonamides is 1. The van der Waals surface area contributed by atoms with Crippen LogP contribution in [0.2, 0.25) is 0 Å². The Morgan fingerprint density at radius 3 is 2.77 bits per heavy atom. The standard InChI is InChI=1S/C17H17N3O3S3/c1-11-15(25-17(20-11)13-6-7-24-10-13)16(21)19-9-12-4-3-5-14(8-12)26(22,23)18-2/h3-8,10,18H,9H2,1-2H3,(H,19,21). The Labute approximate surface area is 160 Å². The van der Waals surface area contributed by atoms with Crippen LogP contribution in [0, 0.1) is 6.92 Å². The summed E-state index contributed by atoms with van der Waals surface area (Å²) in [5, 5.41) is 7.61. The number of carbonyl (C=O) groups excluding carboxylic acids is 1. The number of aryl methyl sites for hydroxylation is 1. The van der Waals surface area contributed by atoms with E-state index in [0.717, 1.165) is 10.6 Å². The first kappa shape index (κ1) is 18.7. The average molecular weight is 408 g/mol. The van der Waals surface area contributed by atoms with Crippen molar-refractivity contribution in [2.24, 2.45) is 0 Å². The van der Waals surface area contributed by atoms with E-state index in [2.05, 4.69) is 15.0 Å². The molecule has 6 nitrogen and oxygen atoms in total. The highest BCUT2D eigenvalue weighted by Crippen LogP contribution is 2.29. The number of nitrogens with zero attached hydrogens (tertiary/aromatic N) is 1.